The summed E-state index contributed by atoms with van der Waals surface area (Å²) >= 11 is 0. The number of dihydropyridines is 1. The number of nitrogens with zero attached hydrogens (tertiary/aromatic N) is 1. The molecule has 0 radical (unpaired) electrons. The molecule has 1 spiro atoms. The third-order valence-corrected chi connectivity index (χ3v) is 14.4. The lowest BCUT2D eigenvalue weighted by Gasteiger charge is -2.56. The Kier molecular flexibility index (Phi) is 7.68. The molecule has 1 aromatic carbocycles. The van der Waals surface area contributed by atoms with Gasteiger partial charge in [0.2, 0.25) is 5.91 Å². The molecule has 5 heterocycles. The van der Waals surface area contributed by atoms with Crippen LogP contribution < -0.4 is 21.4 Å². The molecule has 1 fully saturated rings. The molecule has 0 saturated carbocycles. The fraction of sp³-hybridized carbons (Fsp3) is 0.447. The van der Waals surface area contributed by atoms with Gasteiger partial charge >= 0.3 is 11.6 Å². The summed E-state index contributed by atoms with van der Waals surface area (Å²) in [7, 11) is 3.63. The van der Waals surface area contributed by atoms with Gasteiger partial charge in [-0.1, -0.05) is 58.4 Å². The van der Waals surface area contributed by atoms with E-state index in [0.29, 0.717) is 47.9 Å². The Morgan fingerprint density at radius 1 is 1.27 bits per heavy atom. The molecular weight excluding hydrogens is 659 g/mol. The van der Waals surface area contributed by atoms with E-state index in [-0.39, 0.29) is 29.0 Å². The second kappa shape index (κ2) is 11.6. The van der Waals surface area contributed by atoms with Gasteiger partial charge in [-0.25, -0.2) is 9.59 Å². The SMILES string of the molecule is CC=C(C)C(=O)OC1(C)CC=C2CSSC3C=CC4(CC)CN(C(=O)CC5=C(C=C(N)NC5)C2C12Cc1cc5ccc(=O)oc5cc1O2)C34. The topological polar surface area (TPSA) is 124 Å². The maximum Gasteiger partial charge on any atom is 0.336 e. The summed E-state index contributed by atoms with van der Waals surface area (Å²) in [6, 6.07) is 7.11. The lowest BCUT2D eigenvalue weighted by molar-refractivity contribution is -0.186. The zero-order chi connectivity index (χ0) is 34.3. The van der Waals surface area contributed by atoms with Crippen LogP contribution in [0.5, 0.6) is 5.75 Å². The number of fused-ring (bicyclic) bond motifs is 5. The highest BCUT2D eigenvalue weighted by Gasteiger charge is 2.64. The molecular formula is C38H41N3O6S2. The Morgan fingerprint density at radius 2 is 2.10 bits per heavy atom. The first-order valence-corrected chi connectivity index (χ1v) is 19.4. The summed E-state index contributed by atoms with van der Waals surface area (Å²) in [6.07, 6.45) is 12.7. The Morgan fingerprint density at radius 3 is 2.90 bits per heavy atom. The van der Waals surface area contributed by atoms with Gasteiger partial charge < -0.3 is 29.8 Å². The number of hydrogen-bond donors (Lipinski definition) is 2. The highest BCUT2D eigenvalue weighted by Crippen LogP contribution is 2.59. The van der Waals surface area contributed by atoms with E-state index in [1.807, 2.05) is 36.8 Å². The van der Waals surface area contributed by atoms with Crippen molar-refractivity contribution in [2.75, 3.05) is 18.8 Å². The molecule has 2 aliphatic carbocycles. The maximum absolute atomic E-state index is 14.2. The number of ether oxygens (including phenoxy) is 2. The van der Waals surface area contributed by atoms with E-state index in [0.717, 1.165) is 40.6 Å². The molecule has 6 unspecified atom stereocenters. The highest BCUT2D eigenvalue weighted by atomic mass is 33.1. The minimum Gasteiger partial charge on any atom is -0.481 e. The normalized spacial score (nSPS) is 33.6. The van der Waals surface area contributed by atoms with Crippen LogP contribution in [-0.4, -0.2) is 58.1 Å². The van der Waals surface area contributed by atoms with Gasteiger partial charge in [0.15, 0.2) is 11.2 Å². The van der Waals surface area contributed by atoms with Gasteiger partial charge in [0.1, 0.15) is 11.3 Å². The second-order valence-corrected chi connectivity index (χ2v) is 16.9. The van der Waals surface area contributed by atoms with Gasteiger partial charge in [-0.15, -0.1) is 0 Å². The van der Waals surface area contributed by atoms with Gasteiger partial charge in [-0.2, -0.15) is 0 Å². The van der Waals surface area contributed by atoms with Crippen LogP contribution in [0.3, 0.4) is 0 Å². The summed E-state index contributed by atoms with van der Waals surface area (Å²) < 4.78 is 19.3. The molecule has 0 bridgehead atoms. The van der Waals surface area contributed by atoms with Gasteiger partial charge in [-0.05, 0) is 62.1 Å². The van der Waals surface area contributed by atoms with E-state index in [4.69, 9.17) is 19.6 Å². The fourth-order valence-corrected chi connectivity index (χ4v) is 11.7. The van der Waals surface area contributed by atoms with Crippen LogP contribution in [0.15, 0.2) is 92.0 Å². The lowest BCUT2D eigenvalue weighted by Crippen LogP contribution is -2.66. The molecule has 6 atom stereocenters. The van der Waals surface area contributed by atoms with Crippen molar-refractivity contribution in [3.63, 3.8) is 0 Å². The van der Waals surface area contributed by atoms with E-state index < -0.39 is 28.7 Å². The molecule has 1 aromatic heterocycles. The molecule has 49 heavy (non-hydrogen) atoms. The van der Waals surface area contributed by atoms with Gasteiger partial charge in [0, 0.05) is 60.2 Å². The molecule has 1 saturated heterocycles. The van der Waals surface area contributed by atoms with Crippen molar-refractivity contribution >= 4 is 44.4 Å². The number of hydrogen-bond acceptors (Lipinski definition) is 10. The molecule has 11 heteroatoms. The number of carbonyl (C=O) groups excluding carboxylic acids is 2. The fourth-order valence-electron chi connectivity index (χ4n) is 8.76. The van der Waals surface area contributed by atoms with Crippen LogP contribution >= 0.6 is 21.6 Å². The smallest absolute Gasteiger partial charge is 0.336 e. The minimum atomic E-state index is -1.11. The molecule has 8 rings (SSSR count). The lowest BCUT2D eigenvalue weighted by atomic mass is 9.61. The summed E-state index contributed by atoms with van der Waals surface area (Å²) in [4.78, 5) is 42.0. The monoisotopic (exact) mass is 699 g/mol. The van der Waals surface area contributed by atoms with E-state index in [2.05, 4.69) is 35.4 Å². The van der Waals surface area contributed by atoms with Crippen molar-refractivity contribution in [2.24, 2.45) is 17.1 Å². The first-order chi connectivity index (χ1) is 23.5. The van der Waals surface area contributed by atoms with Gasteiger partial charge in [0.25, 0.3) is 0 Å². The largest absolute Gasteiger partial charge is 0.481 e. The standard InChI is InChI=1S/C38H41N3O6S2/c1-5-21(3)35(44)47-36(4)11-9-23-19-48-49-29-10-12-37(6-2)20-41(34(29)37)31(42)14-25-18-40-30(39)15-26(25)33(23)38(36)17-24-13-22-7-8-32(43)45-27(22)16-28(24)46-38/h5,7-10,12-13,15-16,29,33-34,40H,6,11,14,17-20,39H2,1-4H3. The van der Waals surface area contributed by atoms with Crippen molar-refractivity contribution in [3.8, 4) is 5.75 Å². The summed E-state index contributed by atoms with van der Waals surface area (Å²) in [6.45, 7) is 8.92. The third kappa shape index (κ3) is 4.93. The summed E-state index contributed by atoms with van der Waals surface area (Å²) in [5.41, 5.74) is 8.82. The van der Waals surface area contributed by atoms with Crippen molar-refractivity contribution in [2.45, 2.75) is 75.9 Å². The van der Waals surface area contributed by atoms with Crippen molar-refractivity contribution in [1.82, 2.24) is 10.2 Å². The average Bonchev–Trinajstić information content (AvgIpc) is 3.56. The van der Waals surface area contributed by atoms with Crippen LogP contribution in [0, 0.1) is 11.3 Å². The number of allylic oxidation sites excluding steroid dienone is 2. The number of rotatable bonds is 3. The Balaban J connectivity index is 1.30. The second-order valence-electron chi connectivity index (χ2n) is 14.4. The van der Waals surface area contributed by atoms with Gasteiger partial charge in [-0.3, -0.25) is 4.79 Å². The molecule has 256 valence electrons. The van der Waals surface area contributed by atoms with E-state index in [1.165, 1.54) is 6.07 Å². The highest BCUT2D eigenvalue weighted by molar-refractivity contribution is 8.77. The molecule has 4 aliphatic heterocycles. The van der Waals surface area contributed by atoms with E-state index >= 15 is 0 Å². The van der Waals surface area contributed by atoms with Crippen molar-refractivity contribution in [1.29, 1.82) is 0 Å². The zero-order valence-electron chi connectivity index (χ0n) is 28.2. The maximum atomic E-state index is 14.2. The molecule has 3 N–H and O–H groups in total. The molecule has 2 aromatic rings. The van der Waals surface area contributed by atoms with E-state index in [1.54, 1.807) is 35.9 Å². The number of nitrogens with two attached hydrogens (primary N) is 1. The van der Waals surface area contributed by atoms with Crippen LogP contribution in [0.1, 0.15) is 52.5 Å². The molecule has 1 amide bonds. The minimum absolute atomic E-state index is 0.0456. The molecule has 9 nitrogen and oxygen atoms in total. The number of amides is 1. The van der Waals surface area contributed by atoms with E-state index in [9.17, 15) is 14.4 Å². The van der Waals surface area contributed by atoms with Crippen LogP contribution in [0.4, 0.5) is 0 Å². The zero-order valence-corrected chi connectivity index (χ0v) is 29.8. The molecule has 6 aliphatic rings. The number of carbonyl (C=O) groups is 2. The number of nitrogens with one attached hydrogen (secondary N) is 1. The third-order valence-electron chi connectivity index (χ3n) is 11.7. The first kappa shape index (κ1) is 32.4. The predicted molar refractivity (Wildman–Crippen MR) is 193 cm³/mol. The Hall–Kier alpha value is -3.83. The van der Waals surface area contributed by atoms with Crippen LogP contribution in [-0.2, 0) is 20.7 Å². The number of benzene rings is 1. The quantitative estimate of drug-likeness (QED) is 0.135. The summed E-state index contributed by atoms with van der Waals surface area (Å²) in [5, 5.41) is 4.28. The first-order valence-electron chi connectivity index (χ1n) is 17.0. The number of esters is 1. The Bertz CT molecular complexity index is 2010. The van der Waals surface area contributed by atoms with Crippen LogP contribution in [0.25, 0.3) is 11.0 Å². The van der Waals surface area contributed by atoms with Crippen molar-refractivity contribution < 1.29 is 23.5 Å². The summed E-state index contributed by atoms with van der Waals surface area (Å²) in [5.74, 6) is 1.12. The Labute approximate surface area is 293 Å². The van der Waals surface area contributed by atoms with Crippen molar-refractivity contribution in [3.05, 3.63) is 98.7 Å². The predicted octanol–water partition coefficient (Wildman–Crippen LogP) is 5.71. The van der Waals surface area contributed by atoms with Crippen LogP contribution in [0.2, 0.25) is 0 Å². The average molecular weight is 700 g/mol. The van der Waals surface area contributed by atoms with Gasteiger partial charge in [0.05, 0.1) is 29.5 Å².